The van der Waals surface area contributed by atoms with Crippen LogP contribution in [0.1, 0.15) is 31.5 Å². The molecule has 3 heterocycles. The number of aromatic nitrogens is 3. The number of carbonyl (C=O) groups excluding carboxylic acids is 1. The molecule has 0 bridgehead atoms. The second-order valence-corrected chi connectivity index (χ2v) is 6.53. The van der Waals surface area contributed by atoms with Crippen LogP contribution < -0.4 is 10.6 Å². The number of rotatable bonds is 6. The molecule has 8 heteroatoms. The molecular formula is C18H26N6O2. The normalized spacial score (nSPS) is 16.4. The van der Waals surface area contributed by atoms with E-state index in [4.69, 9.17) is 4.74 Å². The van der Waals surface area contributed by atoms with Gasteiger partial charge in [0.25, 0.3) is 0 Å². The zero-order chi connectivity index (χ0) is 18.4. The van der Waals surface area contributed by atoms with E-state index in [0.29, 0.717) is 25.6 Å². The first-order chi connectivity index (χ1) is 12.6. The van der Waals surface area contributed by atoms with Crippen LogP contribution in [-0.2, 0) is 4.74 Å². The largest absolute Gasteiger partial charge is 0.379 e. The van der Waals surface area contributed by atoms with E-state index >= 15 is 0 Å². The van der Waals surface area contributed by atoms with E-state index in [1.165, 1.54) is 0 Å². The fourth-order valence-electron chi connectivity index (χ4n) is 3.11. The van der Waals surface area contributed by atoms with Crippen LogP contribution >= 0.6 is 0 Å². The van der Waals surface area contributed by atoms with Crippen molar-refractivity contribution in [3.63, 3.8) is 0 Å². The van der Waals surface area contributed by atoms with Gasteiger partial charge in [0.2, 0.25) is 0 Å². The summed E-state index contributed by atoms with van der Waals surface area (Å²) in [6.45, 7) is 7.66. The average molecular weight is 358 g/mol. The molecule has 26 heavy (non-hydrogen) atoms. The Morgan fingerprint density at radius 3 is 2.62 bits per heavy atom. The lowest BCUT2D eigenvalue weighted by Crippen LogP contribution is -2.44. The van der Waals surface area contributed by atoms with E-state index in [1.807, 2.05) is 26.0 Å². The second-order valence-electron chi connectivity index (χ2n) is 6.53. The molecule has 3 rings (SSSR count). The lowest BCUT2D eigenvalue weighted by atomic mass is 10.1. The fourth-order valence-corrected chi connectivity index (χ4v) is 3.11. The zero-order valence-electron chi connectivity index (χ0n) is 15.3. The van der Waals surface area contributed by atoms with Crippen LogP contribution in [0.25, 0.3) is 0 Å². The summed E-state index contributed by atoms with van der Waals surface area (Å²) in [6.07, 6.45) is 5.25. The Kier molecular flexibility index (Phi) is 6.19. The number of amides is 2. The van der Waals surface area contributed by atoms with Crippen LogP contribution in [0.15, 0.2) is 36.8 Å². The molecular weight excluding hydrogens is 332 g/mol. The molecule has 8 nitrogen and oxygen atoms in total. The molecule has 1 saturated heterocycles. The first-order valence-electron chi connectivity index (χ1n) is 8.95. The van der Waals surface area contributed by atoms with Gasteiger partial charge in [-0.15, -0.1) is 0 Å². The third kappa shape index (κ3) is 4.59. The van der Waals surface area contributed by atoms with Gasteiger partial charge in [0.05, 0.1) is 25.5 Å². The average Bonchev–Trinajstić information content (AvgIpc) is 3.12. The van der Waals surface area contributed by atoms with Crippen molar-refractivity contribution >= 4 is 11.8 Å². The predicted octanol–water partition coefficient (Wildman–Crippen LogP) is 2.05. The summed E-state index contributed by atoms with van der Waals surface area (Å²) in [5, 5.41) is 10.1. The number of ether oxygens (including phenoxy) is 1. The van der Waals surface area contributed by atoms with Gasteiger partial charge in [-0.2, -0.15) is 5.10 Å². The maximum absolute atomic E-state index is 12.4. The molecule has 0 saturated carbocycles. The number of morpholine rings is 1. The molecule has 0 aliphatic carbocycles. The Hall–Kier alpha value is -2.45. The van der Waals surface area contributed by atoms with Crippen LogP contribution in [0.4, 0.5) is 10.6 Å². The quantitative estimate of drug-likeness (QED) is 0.826. The summed E-state index contributed by atoms with van der Waals surface area (Å²) in [7, 11) is 0. The summed E-state index contributed by atoms with van der Waals surface area (Å²) < 4.78 is 7.23. The van der Waals surface area contributed by atoms with Crippen molar-refractivity contribution in [2.75, 3.05) is 38.2 Å². The Morgan fingerprint density at radius 2 is 1.92 bits per heavy atom. The van der Waals surface area contributed by atoms with E-state index in [2.05, 4.69) is 25.6 Å². The van der Waals surface area contributed by atoms with Crippen molar-refractivity contribution in [1.29, 1.82) is 0 Å². The van der Waals surface area contributed by atoms with Crippen molar-refractivity contribution in [2.24, 2.45) is 0 Å². The van der Waals surface area contributed by atoms with Crippen LogP contribution in [0.5, 0.6) is 0 Å². The number of carbonyl (C=O) groups is 1. The Bertz CT molecular complexity index is 697. The highest BCUT2D eigenvalue weighted by Gasteiger charge is 2.23. The molecule has 2 aromatic rings. The summed E-state index contributed by atoms with van der Waals surface area (Å²) in [5.41, 5.74) is 1.13. The number of hydrogen-bond acceptors (Lipinski definition) is 5. The van der Waals surface area contributed by atoms with Gasteiger partial charge in [-0.25, -0.2) is 9.48 Å². The molecule has 0 aromatic carbocycles. The smallest absolute Gasteiger partial charge is 0.320 e. The summed E-state index contributed by atoms with van der Waals surface area (Å²) in [6, 6.07) is 5.81. The lowest BCUT2D eigenvalue weighted by molar-refractivity contribution is 0.0167. The third-order valence-electron chi connectivity index (χ3n) is 4.43. The van der Waals surface area contributed by atoms with Gasteiger partial charge in [0.15, 0.2) is 0 Å². The Morgan fingerprint density at radius 1 is 1.19 bits per heavy atom. The summed E-state index contributed by atoms with van der Waals surface area (Å²) >= 11 is 0. The molecule has 0 unspecified atom stereocenters. The van der Waals surface area contributed by atoms with Gasteiger partial charge in [-0.05, 0) is 31.5 Å². The van der Waals surface area contributed by atoms with Gasteiger partial charge >= 0.3 is 6.03 Å². The molecule has 0 radical (unpaired) electrons. The SMILES string of the molecule is CC(C)n1nccc1NC(=O)NC[C@@H](c1ccncc1)N1CCOCC1. The minimum Gasteiger partial charge on any atom is -0.379 e. The maximum atomic E-state index is 12.4. The molecule has 0 spiro atoms. The number of anilines is 1. The van der Waals surface area contributed by atoms with Crippen LogP contribution in [-0.4, -0.2) is 58.5 Å². The molecule has 2 N–H and O–H groups in total. The molecule has 140 valence electrons. The number of hydrogen-bond donors (Lipinski definition) is 2. The van der Waals surface area contributed by atoms with Gasteiger partial charge in [-0.1, -0.05) is 0 Å². The van der Waals surface area contributed by atoms with Gasteiger partial charge in [-0.3, -0.25) is 15.2 Å². The molecule has 1 aliphatic heterocycles. The number of nitrogens with zero attached hydrogens (tertiary/aromatic N) is 4. The monoisotopic (exact) mass is 358 g/mol. The third-order valence-corrected chi connectivity index (χ3v) is 4.43. The summed E-state index contributed by atoms with van der Waals surface area (Å²) in [4.78, 5) is 18.8. The predicted molar refractivity (Wildman–Crippen MR) is 99.0 cm³/mol. The maximum Gasteiger partial charge on any atom is 0.320 e. The Balaban J connectivity index is 1.63. The van der Waals surface area contributed by atoms with E-state index in [-0.39, 0.29) is 18.1 Å². The number of nitrogens with one attached hydrogen (secondary N) is 2. The number of urea groups is 1. The Labute approximate surface area is 153 Å². The van der Waals surface area contributed by atoms with Crippen LogP contribution in [0.2, 0.25) is 0 Å². The van der Waals surface area contributed by atoms with Crippen molar-refractivity contribution < 1.29 is 9.53 Å². The standard InChI is InChI=1S/C18H26N6O2/c1-14(2)24-17(5-8-21-24)22-18(25)20-13-16(15-3-6-19-7-4-15)23-9-11-26-12-10-23/h3-8,14,16H,9-13H2,1-2H3,(H2,20,22,25)/t16-/m0/s1. The highest BCUT2D eigenvalue weighted by atomic mass is 16.5. The summed E-state index contributed by atoms with van der Waals surface area (Å²) in [5.74, 6) is 0.685. The lowest BCUT2D eigenvalue weighted by Gasteiger charge is -2.34. The molecule has 1 aliphatic rings. The van der Waals surface area contributed by atoms with E-state index < -0.39 is 0 Å². The van der Waals surface area contributed by atoms with Gasteiger partial charge in [0.1, 0.15) is 5.82 Å². The first-order valence-corrected chi connectivity index (χ1v) is 8.95. The van der Waals surface area contributed by atoms with Crippen molar-refractivity contribution in [1.82, 2.24) is 25.0 Å². The highest BCUT2D eigenvalue weighted by molar-refractivity contribution is 5.88. The molecule has 2 aromatic heterocycles. The topological polar surface area (TPSA) is 84.3 Å². The van der Waals surface area contributed by atoms with E-state index in [1.54, 1.807) is 29.3 Å². The minimum absolute atomic E-state index is 0.0858. The molecule has 1 fully saturated rings. The molecule has 2 amide bonds. The van der Waals surface area contributed by atoms with Gasteiger partial charge in [0, 0.05) is 44.1 Å². The minimum atomic E-state index is -0.236. The van der Waals surface area contributed by atoms with Crippen molar-refractivity contribution in [3.8, 4) is 0 Å². The van der Waals surface area contributed by atoms with Crippen molar-refractivity contribution in [3.05, 3.63) is 42.4 Å². The first kappa shape index (κ1) is 18.3. The highest BCUT2D eigenvalue weighted by Crippen LogP contribution is 2.20. The van der Waals surface area contributed by atoms with Gasteiger partial charge < -0.3 is 10.1 Å². The number of pyridine rings is 1. The van der Waals surface area contributed by atoms with Crippen LogP contribution in [0, 0.1) is 0 Å². The van der Waals surface area contributed by atoms with E-state index in [9.17, 15) is 4.79 Å². The fraction of sp³-hybridized carbons (Fsp3) is 0.500. The van der Waals surface area contributed by atoms with Crippen LogP contribution in [0.3, 0.4) is 0 Å². The zero-order valence-corrected chi connectivity index (χ0v) is 15.3. The molecule has 1 atom stereocenters. The second kappa shape index (κ2) is 8.77. The van der Waals surface area contributed by atoms with Crippen molar-refractivity contribution in [2.45, 2.75) is 25.9 Å². The van der Waals surface area contributed by atoms with E-state index in [0.717, 1.165) is 18.7 Å².